The van der Waals surface area contributed by atoms with Gasteiger partial charge < -0.3 is 10.1 Å². The van der Waals surface area contributed by atoms with E-state index in [1.165, 1.54) is 27.3 Å². The summed E-state index contributed by atoms with van der Waals surface area (Å²) in [7, 11) is -3.20. The number of ether oxygens (including phenoxy) is 1. The van der Waals surface area contributed by atoms with Gasteiger partial charge in [0.05, 0.1) is 33.8 Å². The predicted molar refractivity (Wildman–Crippen MR) is 124 cm³/mol. The lowest BCUT2D eigenvalue weighted by atomic mass is 10.0. The summed E-state index contributed by atoms with van der Waals surface area (Å²) in [5.41, 5.74) is 0.328. The van der Waals surface area contributed by atoms with E-state index in [0.717, 1.165) is 0 Å². The van der Waals surface area contributed by atoms with E-state index in [1.807, 2.05) is 13.8 Å². The maximum Gasteiger partial charge on any atom is 0.387 e. The van der Waals surface area contributed by atoms with Crippen LogP contribution in [-0.4, -0.2) is 47.1 Å². The monoisotopic (exact) mass is 493 g/mol. The standard InChI is InChI=1S/C23H25F2N3O5S/c1-14(2)27-19-11-15(20(29)26-23(3)9-10-34(31,32)13-23)7-8-18(19)28(22(27)30)16-5-4-6-17(12-16)33-21(24)25/h4-8,11-12,14,21H,9-10,13H2,1-3H3,(H,26,29)/t23-/m0/s1. The molecule has 8 nitrogen and oxygen atoms in total. The minimum Gasteiger partial charge on any atom is -0.435 e. The predicted octanol–water partition coefficient (Wildman–Crippen LogP) is 3.28. The number of fused-ring (bicyclic) bond motifs is 1. The minimum atomic E-state index is -3.20. The zero-order chi connectivity index (χ0) is 24.8. The van der Waals surface area contributed by atoms with Gasteiger partial charge in [0.1, 0.15) is 5.75 Å². The summed E-state index contributed by atoms with van der Waals surface area (Å²) in [5.74, 6) is -0.629. The second-order valence-electron chi connectivity index (χ2n) is 9.02. The van der Waals surface area contributed by atoms with Gasteiger partial charge in [0, 0.05) is 17.7 Å². The van der Waals surface area contributed by atoms with Crippen molar-refractivity contribution in [3.05, 3.63) is 58.5 Å². The molecule has 0 unspecified atom stereocenters. The van der Waals surface area contributed by atoms with Gasteiger partial charge in [0.25, 0.3) is 5.91 Å². The molecule has 0 radical (unpaired) electrons. The fraction of sp³-hybridized carbons (Fsp3) is 0.391. The van der Waals surface area contributed by atoms with E-state index >= 15 is 0 Å². The molecule has 0 aliphatic carbocycles. The molecular formula is C23H25F2N3O5S. The van der Waals surface area contributed by atoms with E-state index in [9.17, 15) is 26.8 Å². The van der Waals surface area contributed by atoms with E-state index in [1.54, 1.807) is 31.2 Å². The molecule has 1 atom stereocenters. The van der Waals surface area contributed by atoms with E-state index < -0.39 is 33.6 Å². The molecule has 1 fully saturated rings. The van der Waals surface area contributed by atoms with E-state index in [0.29, 0.717) is 23.1 Å². The molecule has 34 heavy (non-hydrogen) atoms. The van der Waals surface area contributed by atoms with Gasteiger partial charge in [0.15, 0.2) is 9.84 Å². The van der Waals surface area contributed by atoms with Crippen LogP contribution in [0.5, 0.6) is 5.75 Å². The Morgan fingerprint density at radius 2 is 1.88 bits per heavy atom. The highest BCUT2D eigenvalue weighted by atomic mass is 32.2. The lowest BCUT2D eigenvalue weighted by molar-refractivity contribution is -0.0498. The molecule has 2 aromatic carbocycles. The van der Waals surface area contributed by atoms with Crippen LogP contribution in [0.25, 0.3) is 16.7 Å². The number of carbonyl (C=O) groups excluding carboxylic acids is 1. The fourth-order valence-electron chi connectivity index (χ4n) is 4.36. The number of amides is 1. The maximum absolute atomic E-state index is 13.3. The van der Waals surface area contributed by atoms with Crippen LogP contribution in [0.4, 0.5) is 8.78 Å². The number of imidazole rings is 1. The Kier molecular flexibility index (Phi) is 6.01. The van der Waals surface area contributed by atoms with Crippen molar-refractivity contribution < 1.29 is 26.7 Å². The quantitative estimate of drug-likeness (QED) is 0.568. The number of benzene rings is 2. The van der Waals surface area contributed by atoms with Crippen molar-refractivity contribution in [2.75, 3.05) is 11.5 Å². The molecule has 2 heterocycles. The van der Waals surface area contributed by atoms with Crippen molar-refractivity contribution >= 4 is 26.8 Å². The first-order valence-corrected chi connectivity index (χ1v) is 12.6. The zero-order valence-corrected chi connectivity index (χ0v) is 19.7. The fourth-order valence-corrected chi connectivity index (χ4v) is 6.46. The van der Waals surface area contributed by atoms with Gasteiger partial charge in [-0.2, -0.15) is 8.78 Å². The summed E-state index contributed by atoms with van der Waals surface area (Å²) < 4.78 is 56.4. The summed E-state index contributed by atoms with van der Waals surface area (Å²) in [6.45, 7) is 2.34. The molecule has 1 N–H and O–H groups in total. The number of rotatable bonds is 6. The van der Waals surface area contributed by atoms with Gasteiger partial charge in [-0.05, 0) is 57.5 Å². The number of hydrogen-bond donors (Lipinski definition) is 1. The van der Waals surface area contributed by atoms with Crippen molar-refractivity contribution in [3.63, 3.8) is 0 Å². The molecule has 11 heteroatoms. The number of sulfone groups is 1. The highest BCUT2D eigenvalue weighted by Crippen LogP contribution is 2.26. The van der Waals surface area contributed by atoms with Crippen LogP contribution >= 0.6 is 0 Å². The molecule has 1 saturated heterocycles. The molecule has 3 aromatic rings. The van der Waals surface area contributed by atoms with Crippen molar-refractivity contribution in [2.24, 2.45) is 0 Å². The number of carbonyl (C=O) groups is 1. The van der Waals surface area contributed by atoms with Crippen LogP contribution in [0.15, 0.2) is 47.3 Å². The molecule has 1 aliphatic rings. The summed E-state index contributed by atoms with van der Waals surface area (Å²) in [4.78, 5) is 26.3. The summed E-state index contributed by atoms with van der Waals surface area (Å²) in [5, 5.41) is 2.82. The summed E-state index contributed by atoms with van der Waals surface area (Å²) in [6, 6.07) is 10.3. The first kappa shape index (κ1) is 23.9. The van der Waals surface area contributed by atoms with Crippen LogP contribution in [0.2, 0.25) is 0 Å². The largest absolute Gasteiger partial charge is 0.435 e. The van der Waals surface area contributed by atoms with Crippen LogP contribution in [0.1, 0.15) is 43.6 Å². The highest BCUT2D eigenvalue weighted by molar-refractivity contribution is 7.91. The first-order valence-electron chi connectivity index (χ1n) is 10.7. The zero-order valence-electron chi connectivity index (χ0n) is 18.9. The molecule has 1 aliphatic heterocycles. The van der Waals surface area contributed by atoms with Gasteiger partial charge in [0.2, 0.25) is 0 Å². The number of alkyl halides is 2. The Hall–Kier alpha value is -3.21. The van der Waals surface area contributed by atoms with Crippen molar-refractivity contribution in [1.82, 2.24) is 14.5 Å². The maximum atomic E-state index is 13.3. The van der Waals surface area contributed by atoms with Gasteiger partial charge >= 0.3 is 12.3 Å². The molecule has 0 bridgehead atoms. The van der Waals surface area contributed by atoms with Crippen molar-refractivity contribution in [2.45, 2.75) is 45.4 Å². The highest BCUT2D eigenvalue weighted by Gasteiger charge is 2.39. The number of aromatic nitrogens is 2. The van der Waals surface area contributed by atoms with Crippen LogP contribution < -0.4 is 15.7 Å². The third kappa shape index (κ3) is 4.56. The Labute approximate surface area is 195 Å². The molecule has 1 aromatic heterocycles. The molecule has 182 valence electrons. The van der Waals surface area contributed by atoms with E-state index in [2.05, 4.69) is 10.1 Å². The van der Waals surface area contributed by atoms with Crippen LogP contribution in [0.3, 0.4) is 0 Å². The van der Waals surface area contributed by atoms with E-state index in [4.69, 9.17) is 0 Å². The Balaban J connectivity index is 1.77. The minimum absolute atomic E-state index is 0.0207. The second kappa shape index (κ2) is 8.53. The van der Waals surface area contributed by atoms with Crippen LogP contribution in [-0.2, 0) is 9.84 Å². The van der Waals surface area contributed by atoms with Gasteiger partial charge in [-0.25, -0.2) is 13.2 Å². The van der Waals surface area contributed by atoms with E-state index in [-0.39, 0.29) is 28.9 Å². The average molecular weight is 494 g/mol. The summed E-state index contributed by atoms with van der Waals surface area (Å²) >= 11 is 0. The Bertz CT molecular complexity index is 1430. The molecule has 0 spiro atoms. The van der Waals surface area contributed by atoms with Gasteiger partial charge in [-0.3, -0.25) is 13.9 Å². The molecule has 0 saturated carbocycles. The molecule has 1 amide bonds. The van der Waals surface area contributed by atoms with Gasteiger partial charge in [-0.1, -0.05) is 6.07 Å². The second-order valence-corrected chi connectivity index (χ2v) is 11.2. The van der Waals surface area contributed by atoms with Gasteiger partial charge in [-0.15, -0.1) is 0 Å². The number of nitrogens with one attached hydrogen (secondary N) is 1. The van der Waals surface area contributed by atoms with Crippen LogP contribution in [0, 0.1) is 0 Å². The average Bonchev–Trinajstić information content (AvgIpc) is 3.18. The number of halogens is 2. The number of hydrogen-bond acceptors (Lipinski definition) is 5. The molecular weight excluding hydrogens is 468 g/mol. The first-order chi connectivity index (χ1) is 15.9. The number of nitrogens with zero attached hydrogens (tertiary/aromatic N) is 2. The molecule has 4 rings (SSSR count). The topological polar surface area (TPSA) is 99.4 Å². The SMILES string of the molecule is CC(C)n1c(=O)n(-c2cccc(OC(F)F)c2)c2ccc(C(=O)N[C@@]3(C)CCS(=O)(=O)C3)cc21. The lowest BCUT2D eigenvalue weighted by Crippen LogP contribution is -2.46. The lowest BCUT2D eigenvalue weighted by Gasteiger charge is -2.24. The third-order valence-corrected chi connectivity index (χ3v) is 7.77. The third-order valence-electron chi connectivity index (χ3n) is 5.87. The normalized spacial score (nSPS) is 19.7. The van der Waals surface area contributed by atoms with Crippen molar-refractivity contribution in [3.8, 4) is 11.4 Å². The smallest absolute Gasteiger partial charge is 0.387 e. The Morgan fingerprint density at radius 3 is 2.50 bits per heavy atom. The van der Waals surface area contributed by atoms with Crippen molar-refractivity contribution in [1.29, 1.82) is 0 Å². The summed E-state index contributed by atoms with van der Waals surface area (Å²) in [6.07, 6.45) is 0.327. The Morgan fingerprint density at radius 1 is 1.15 bits per heavy atom.